The zero-order chi connectivity index (χ0) is 13.8. The van der Waals surface area contributed by atoms with Crippen molar-refractivity contribution in [2.45, 2.75) is 26.4 Å². The van der Waals surface area contributed by atoms with Gasteiger partial charge in [0, 0.05) is 7.05 Å². The Kier molecular flexibility index (Phi) is 4.71. The van der Waals surface area contributed by atoms with Crippen molar-refractivity contribution in [3.63, 3.8) is 0 Å². The summed E-state index contributed by atoms with van der Waals surface area (Å²) in [5.74, 6) is -0.0501. The van der Waals surface area contributed by atoms with Crippen LogP contribution in [0.25, 0.3) is 0 Å². The maximum atomic E-state index is 11.8. The Hall–Kier alpha value is -1.21. The molecule has 1 aromatic rings. The standard InChI is InChI=1S/C12H20N4O2S/c1-3-18-11(17)10-5-4-6-15(7-10)9-16-12(19)14(2)8-13-16/h8,10H,3-7,9H2,1-2H3/p+1/t10-/m1/s1. The molecule has 1 aromatic heterocycles. The van der Waals surface area contributed by atoms with E-state index in [0.29, 0.717) is 11.4 Å². The number of carbonyl (C=O) groups excluding carboxylic acids is 1. The molecule has 106 valence electrons. The third-order valence-corrected chi connectivity index (χ3v) is 4.00. The van der Waals surface area contributed by atoms with Gasteiger partial charge in [-0.15, -0.1) is 0 Å². The van der Waals surface area contributed by atoms with E-state index in [-0.39, 0.29) is 11.9 Å². The number of esters is 1. The lowest BCUT2D eigenvalue weighted by Crippen LogP contribution is -3.13. The van der Waals surface area contributed by atoms with Gasteiger partial charge >= 0.3 is 5.97 Å². The summed E-state index contributed by atoms with van der Waals surface area (Å²) in [6, 6.07) is 0. The summed E-state index contributed by atoms with van der Waals surface area (Å²) >= 11 is 5.28. The number of rotatable bonds is 4. The number of likely N-dealkylation sites (tertiary alicyclic amines) is 1. The van der Waals surface area contributed by atoms with Crippen molar-refractivity contribution >= 4 is 18.2 Å². The van der Waals surface area contributed by atoms with Crippen LogP contribution in [0.5, 0.6) is 0 Å². The zero-order valence-electron chi connectivity index (χ0n) is 11.5. The summed E-state index contributed by atoms with van der Waals surface area (Å²) in [6.07, 6.45) is 3.68. The third-order valence-electron chi connectivity index (χ3n) is 3.50. The summed E-state index contributed by atoms with van der Waals surface area (Å²) in [6.45, 7) is 4.87. The van der Waals surface area contributed by atoms with Crippen molar-refractivity contribution in [1.82, 2.24) is 14.3 Å². The molecule has 0 radical (unpaired) electrons. The number of hydrogen-bond donors (Lipinski definition) is 1. The average Bonchev–Trinajstić information content (AvgIpc) is 2.71. The Bertz CT molecular complexity index is 496. The second-order valence-corrected chi connectivity index (χ2v) is 5.34. The summed E-state index contributed by atoms with van der Waals surface area (Å²) in [7, 11) is 1.89. The minimum Gasteiger partial charge on any atom is -0.466 e. The lowest BCUT2D eigenvalue weighted by atomic mass is 9.99. The van der Waals surface area contributed by atoms with Gasteiger partial charge in [-0.2, -0.15) is 9.78 Å². The van der Waals surface area contributed by atoms with Gasteiger partial charge in [0.1, 0.15) is 12.2 Å². The van der Waals surface area contributed by atoms with Crippen LogP contribution in [-0.4, -0.2) is 40.0 Å². The quantitative estimate of drug-likeness (QED) is 0.613. The van der Waals surface area contributed by atoms with Gasteiger partial charge in [0.25, 0.3) is 0 Å². The Morgan fingerprint density at radius 2 is 2.47 bits per heavy atom. The molecule has 1 aliphatic rings. The van der Waals surface area contributed by atoms with E-state index in [9.17, 15) is 4.79 Å². The van der Waals surface area contributed by atoms with E-state index in [1.165, 1.54) is 4.90 Å². The second kappa shape index (κ2) is 6.29. The number of carbonyl (C=O) groups is 1. The van der Waals surface area contributed by atoms with Crippen molar-refractivity contribution in [3.8, 4) is 0 Å². The fraction of sp³-hybridized carbons (Fsp3) is 0.750. The fourth-order valence-electron chi connectivity index (χ4n) is 2.50. The van der Waals surface area contributed by atoms with E-state index in [4.69, 9.17) is 17.0 Å². The number of ether oxygens (including phenoxy) is 1. The van der Waals surface area contributed by atoms with Crippen LogP contribution in [0.1, 0.15) is 19.8 Å². The molecule has 7 heteroatoms. The van der Waals surface area contributed by atoms with Gasteiger partial charge in [-0.1, -0.05) is 0 Å². The average molecular weight is 285 g/mol. The first-order valence-corrected chi connectivity index (χ1v) is 7.11. The van der Waals surface area contributed by atoms with E-state index in [1.807, 2.05) is 23.2 Å². The zero-order valence-corrected chi connectivity index (χ0v) is 12.3. The van der Waals surface area contributed by atoms with Crippen LogP contribution in [-0.2, 0) is 23.2 Å². The van der Waals surface area contributed by atoms with Gasteiger partial charge in [0.2, 0.25) is 4.77 Å². The van der Waals surface area contributed by atoms with Crippen molar-refractivity contribution in [3.05, 3.63) is 11.1 Å². The van der Waals surface area contributed by atoms with Crippen LogP contribution in [0.15, 0.2) is 6.33 Å². The Balaban J connectivity index is 1.96. The number of quaternary nitrogens is 1. The Morgan fingerprint density at radius 3 is 3.11 bits per heavy atom. The molecular formula is C12H21N4O2S+. The smallest absolute Gasteiger partial charge is 0.314 e. The van der Waals surface area contributed by atoms with Crippen LogP contribution in [0.2, 0.25) is 0 Å². The molecule has 0 amide bonds. The maximum Gasteiger partial charge on any atom is 0.314 e. The molecule has 0 aliphatic carbocycles. The molecule has 6 nitrogen and oxygen atoms in total. The predicted molar refractivity (Wildman–Crippen MR) is 72.1 cm³/mol. The van der Waals surface area contributed by atoms with Crippen LogP contribution >= 0.6 is 12.2 Å². The molecule has 1 fully saturated rings. The van der Waals surface area contributed by atoms with Gasteiger partial charge in [-0.3, -0.25) is 4.79 Å². The third kappa shape index (κ3) is 3.42. The molecule has 19 heavy (non-hydrogen) atoms. The molecule has 2 atom stereocenters. The molecule has 1 N–H and O–H groups in total. The predicted octanol–water partition coefficient (Wildman–Crippen LogP) is -0.233. The minimum absolute atomic E-state index is 0.0154. The number of piperidine rings is 1. The number of nitrogens with one attached hydrogen (secondary N) is 1. The van der Waals surface area contributed by atoms with Crippen molar-refractivity contribution in [1.29, 1.82) is 0 Å². The number of aromatic nitrogens is 3. The van der Waals surface area contributed by atoms with E-state index in [2.05, 4.69) is 5.10 Å². The fourth-order valence-corrected chi connectivity index (χ4v) is 2.66. The first kappa shape index (κ1) is 14.2. The topological polar surface area (TPSA) is 53.5 Å². The van der Waals surface area contributed by atoms with Crippen molar-refractivity contribution in [2.24, 2.45) is 13.0 Å². The van der Waals surface area contributed by atoms with E-state index in [0.717, 1.165) is 32.6 Å². The van der Waals surface area contributed by atoms with Gasteiger partial charge < -0.3 is 14.2 Å². The van der Waals surface area contributed by atoms with Crippen LogP contribution in [0, 0.1) is 10.7 Å². The molecule has 0 bridgehead atoms. The van der Waals surface area contributed by atoms with Crippen molar-refractivity contribution in [2.75, 3.05) is 19.7 Å². The molecule has 1 aliphatic heterocycles. The maximum absolute atomic E-state index is 11.8. The van der Waals surface area contributed by atoms with E-state index >= 15 is 0 Å². The highest BCUT2D eigenvalue weighted by Gasteiger charge is 2.30. The van der Waals surface area contributed by atoms with Crippen molar-refractivity contribution < 1.29 is 14.4 Å². The van der Waals surface area contributed by atoms with Gasteiger partial charge in [0.15, 0.2) is 6.67 Å². The molecule has 0 saturated carbocycles. The molecule has 1 unspecified atom stereocenters. The summed E-state index contributed by atoms with van der Waals surface area (Å²) < 4.78 is 9.46. The normalized spacial score (nSPS) is 23.3. The Morgan fingerprint density at radius 1 is 1.68 bits per heavy atom. The first-order valence-electron chi connectivity index (χ1n) is 6.70. The Labute approximate surface area is 118 Å². The largest absolute Gasteiger partial charge is 0.466 e. The summed E-state index contributed by atoms with van der Waals surface area (Å²) in [5, 5.41) is 4.25. The lowest BCUT2D eigenvalue weighted by Gasteiger charge is -2.28. The highest BCUT2D eigenvalue weighted by atomic mass is 32.1. The monoisotopic (exact) mass is 285 g/mol. The number of aryl methyl sites for hydroxylation is 1. The molecule has 1 saturated heterocycles. The van der Waals surface area contributed by atoms with E-state index in [1.54, 1.807) is 6.33 Å². The van der Waals surface area contributed by atoms with Gasteiger partial charge in [-0.25, -0.2) is 0 Å². The van der Waals surface area contributed by atoms with Gasteiger partial charge in [0.05, 0.1) is 19.7 Å². The molecule has 2 heterocycles. The summed E-state index contributed by atoms with van der Waals surface area (Å²) in [5.41, 5.74) is 0. The van der Waals surface area contributed by atoms with Crippen LogP contribution in [0.4, 0.5) is 0 Å². The highest BCUT2D eigenvalue weighted by molar-refractivity contribution is 7.71. The van der Waals surface area contributed by atoms with E-state index < -0.39 is 0 Å². The molecule has 2 rings (SSSR count). The number of nitrogens with zero attached hydrogens (tertiary/aromatic N) is 3. The SMILES string of the molecule is CCOC(=O)[C@@H]1CCC[NH+](Cn2ncn(C)c2=S)C1. The molecular weight excluding hydrogens is 264 g/mol. The molecule has 0 aromatic carbocycles. The van der Waals surface area contributed by atoms with Gasteiger partial charge in [-0.05, 0) is 32.0 Å². The highest BCUT2D eigenvalue weighted by Crippen LogP contribution is 2.09. The lowest BCUT2D eigenvalue weighted by molar-refractivity contribution is -0.930. The molecule has 0 spiro atoms. The minimum atomic E-state index is -0.0654. The van der Waals surface area contributed by atoms with Crippen LogP contribution < -0.4 is 4.90 Å². The second-order valence-electron chi connectivity index (χ2n) is 4.98. The summed E-state index contributed by atoms with van der Waals surface area (Å²) in [4.78, 5) is 13.1. The number of hydrogen-bond acceptors (Lipinski definition) is 4. The van der Waals surface area contributed by atoms with Crippen LogP contribution in [0.3, 0.4) is 0 Å². The first-order chi connectivity index (χ1) is 9.11.